The molecule has 7 nitrogen and oxygen atoms in total. The maximum absolute atomic E-state index is 11.6. The van der Waals surface area contributed by atoms with Gasteiger partial charge in [-0.05, 0) is 23.8 Å². The van der Waals surface area contributed by atoms with Gasteiger partial charge in [-0.25, -0.2) is 4.79 Å². The summed E-state index contributed by atoms with van der Waals surface area (Å²) in [6, 6.07) is 5.09. The lowest BCUT2D eigenvalue weighted by Gasteiger charge is -2.10. The summed E-state index contributed by atoms with van der Waals surface area (Å²) in [5.41, 5.74) is 0.675. The molecule has 0 aliphatic carbocycles. The molecule has 0 aromatic heterocycles. The third-order valence-electron chi connectivity index (χ3n) is 3.01. The number of imide groups is 1. The number of carbonyl (C=O) groups is 3. The van der Waals surface area contributed by atoms with Gasteiger partial charge in [-0.15, -0.1) is 5.06 Å². The Kier molecular flexibility index (Phi) is 4.77. The molecule has 0 saturated carbocycles. The average Bonchev–Trinajstić information content (AvgIpc) is 2.84. The molecule has 1 aliphatic rings. The van der Waals surface area contributed by atoms with Crippen molar-refractivity contribution in [2.45, 2.75) is 12.8 Å². The molecule has 1 aliphatic heterocycles. The molecule has 1 saturated heterocycles. The van der Waals surface area contributed by atoms with Crippen LogP contribution in [0.5, 0.6) is 11.5 Å². The lowest BCUT2D eigenvalue weighted by Crippen LogP contribution is -2.31. The van der Waals surface area contributed by atoms with Gasteiger partial charge in [0, 0.05) is 18.9 Å². The van der Waals surface area contributed by atoms with Gasteiger partial charge < -0.3 is 14.3 Å². The van der Waals surface area contributed by atoms with E-state index in [0.29, 0.717) is 22.1 Å². The fourth-order valence-electron chi connectivity index (χ4n) is 1.90. The van der Waals surface area contributed by atoms with E-state index in [2.05, 4.69) is 0 Å². The van der Waals surface area contributed by atoms with Crippen molar-refractivity contribution in [3.63, 3.8) is 0 Å². The van der Waals surface area contributed by atoms with E-state index in [9.17, 15) is 14.4 Å². The number of nitrogens with zero attached hydrogens (tertiary/aromatic N) is 1. The van der Waals surface area contributed by atoms with Gasteiger partial charge in [0.25, 0.3) is 11.8 Å². The minimum absolute atomic E-state index is 0.0610. The molecule has 0 spiro atoms. The zero-order chi connectivity index (χ0) is 16.1. The summed E-state index contributed by atoms with van der Waals surface area (Å²) in [4.78, 5) is 39.0. The van der Waals surface area contributed by atoms with Crippen molar-refractivity contribution in [3.8, 4) is 11.5 Å². The van der Waals surface area contributed by atoms with Gasteiger partial charge in [0.15, 0.2) is 11.5 Å². The summed E-state index contributed by atoms with van der Waals surface area (Å²) in [5.74, 6) is -0.757. The molecule has 0 radical (unpaired) electrons. The zero-order valence-corrected chi connectivity index (χ0v) is 12.2. The minimum atomic E-state index is -0.807. The molecule has 1 aromatic rings. The lowest BCUT2D eigenvalue weighted by molar-refractivity contribution is -0.193. The summed E-state index contributed by atoms with van der Waals surface area (Å²) in [6.45, 7) is 0. The molecule has 1 fully saturated rings. The number of methoxy groups -OCH3 is 2. The first-order valence-electron chi connectivity index (χ1n) is 6.53. The largest absolute Gasteiger partial charge is 0.493 e. The number of rotatable bonds is 5. The van der Waals surface area contributed by atoms with E-state index in [4.69, 9.17) is 14.3 Å². The Labute approximate surface area is 127 Å². The van der Waals surface area contributed by atoms with Crippen LogP contribution in [-0.2, 0) is 19.2 Å². The van der Waals surface area contributed by atoms with Gasteiger partial charge in [0.1, 0.15) is 0 Å². The number of carbonyl (C=O) groups excluding carboxylic acids is 3. The molecule has 0 atom stereocenters. The fourth-order valence-corrected chi connectivity index (χ4v) is 1.90. The highest BCUT2D eigenvalue weighted by Crippen LogP contribution is 2.28. The van der Waals surface area contributed by atoms with Crippen LogP contribution in [0.3, 0.4) is 0 Å². The van der Waals surface area contributed by atoms with Crippen LogP contribution in [0.2, 0.25) is 0 Å². The Morgan fingerprint density at radius 2 is 1.73 bits per heavy atom. The van der Waals surface area contributed by atoms with Crippen LogP contribution in [0, 0.1) is 0 Å². The van der Waals surface area contributed by atoms with Gasteiger partial charge in [-0.2, -0.15) is 0 Å². The SMILES string of the molecule is COc1ccc(/C=C/C(=O)ON2C(=O)CCC2=O)cc1OC. The number of amides is 2. The average molecular weight is 305 g/mol. The number of hydrogen-bond acceptors (Lipinski definition) is 6. The summed E-state index contributed by atoms with van der Waals surface area (Å²) >= 11 is 0. The number of benzene rings is 1. The third kappa shape index (κ3) is 3.43. The van der Waals surface area contributed by atoms with Gasteiger partial charge in [0.05, 0.1) is 14.2 Å². The Balaban J connectivity index is 2.03. The highest BCUT2D eigenvalue weighted by Gasteiger charge is 2.32. The first-order chi connectivity index (χ1) is 10.5. The quantitative estimate of drug-likeness (QED) is 0.603. The summed E-state index contributed by atoms with van der Waals surface area (Å²) < 4.78 is 10.3. The molecule has 22 heavy (non-hydrogen) atoms. The van der Waals surface area contributed by atoms with Crippen molar-refractivity contribution in [3.05, 3.63) is 29.8 Å². The Morgan fingerprint density at radius 3 is 2.32 bits per heavy atom. The van der Waals surface area contributed by atoms with Crippen molar-refractivity contribution in [2.24, 2.45) is 0 Å². The van der Waals surface area contributed by atoms with Crippen molar-refractivity contribution >= 4 is 23.9 Å². The monoisotopic (exact) mass is 305 g/mol. The van der Waals surface area contributed by atoms with E-state index in [1.54, 1.807) is 18.2 Å². The molecule has 0 bridgehead atoms. The molecule has 116 valence electrons. The molecule has 2 rings (SSSR count). The minimum Gasteiger partial charge on any atom is -0.493 e. The van der Waals surface area contributed by atoms with E-state index in [0.717, 1.165) is 6.08 Å². The fraction of sp³-hybridized carbons (Fsp3) is 0.267. The van der Waals surface area contributed by atoms with Crippen LogP contribution in [0.15, 0.2) is 24.3 Å². The Hall–Kier alpha value is -2.83. The summed E-state index contributed by atoms with van der Waals surface area (Å²) in [5, 5.41) is 0.501. The van der Waals surface area contributed by atoms with Crippen LogP contribution < -0.4 is 9.47 Å². The van der Waals surface area contributed by atoms with Crippen LogP contribution in [-0.4, -0.2) is 37.1 Å². The van der Waals surface area contributed by atoms with Crippen LogP contribution >= 0.6 is 0 Å². The highest BCUT2D eigenvalue weighted by atomic mass is 16.7. The van der Waals surface area contributed by atoms with Crippen molar-refractivity contribution in [2.75, 3.05) is 14.2 Å². The topological polar surface area (TPSA) is 82.1 Å². The Bertz CT molecular complexity index is 621. The van der Waals surface area contributed by atoms with E-state index >= 15 is 0 Å². The van der Waals surface area contributed by atoms with Gasteiger partial charge >= 0.3 is 5.97 Å². The molecule has 1 aromatic carbocycles. The van der Waals surface area contributed by atoms with Crippen LogP contribution in [0.4, 0.5) is 0 Å². The summed E-state index contributed by atoms with van der Waals surface area (Å²) in [7, 11) is 3.03. The van der Waals surface area contributed by atoms with E-state index in [1.165, 1.54) is 20.3 Å². The number of hydroxylamine groups is 2. The Morgan fingerprint density at radius 1 is 1.09 bits per heavy atom. The highest BCUT2D eigenvalue weighted by molar-refractivity contribution is 6.02. The standard InChI is InChI=1S/C15H15NO6/c1-20-11-5-3-10(9-12(11)21-2)4-8-15(19)22-16-13(17)6-7-14(16)18/h3-5,8-9H,6-7H2,1-2H3/b8-4+. The van der Waals surface area contributed by atoms with Crippen molar-refractivity contribution < 1.29 is 28.7 Å². The van der Waals surface area contributed by atoms with Gasteiger partial charge in [-0.3, -0.25) is 9.59 Å². The number of ether oxygens (including phenoxy) is 2. The van der Waals surface area contributed by atoms with Crippen LogP contribution in [0.1, 0.15) is 18.4 Å². The second-order valence-corrected chi connectivity index (χ2v) is 4.44. The second kappa shape index (κ2) is 6.75. The van der Waals surface area contributed by atoms with Crippen molar-refractivity contribution in [1.29, 1.82) is 0 Å². The molecule has 0 unspecified atom stereocenters. The van der Waals surface area contributed by atoms with Crippen LogP contribution in [0.25, 0.3) is 6.08 Å². The van der Waals surface area contributed by atoms with E-state index in [1.807, 2.05) is 0 Å². The predicted molar refractivity (Wildman–Crippen MR) is 75.8 cm³/mol. The van der Waals surface area contributed by atoms with E-state index < -0.39 is 17.8 Å². The first-order valence-corrected chi connectivity index (χ1v) is 6.53. The molecule has 7 heteroatoms. The molecular formula is C15H15NO6. The smallest absolute Gasteiger partial charge is 0.356 e. The van der Waals surface area contributed by atoms with Crippen molar-refractivity contribution in [1.82, 2.24) is 5.06 Å². The molecule has 1 heterocycles. The zero-order valence-electron chi connectivity index (χ0n) is 12.2. The van der Waals surface area contributed by atoms with E-state index in [-0.39, 0.29) is 12.8 Å². The van der Waals surface area contributed by atoms with Gasteiger partial charge in [0.2, 0.25) is 0 Å². The second-order valence-electron chi connectivity index (χ2n) is 4.44. The molecule has 0 N–H and O–H groups in total. The first kappa shape index (κ1) is 15.6. The summed E-state index contributed by atoms with van der Waals surface area (Å²) in [6.07, 6.45) is 2.73. The predicted octanol–water partition coefficient (Wildman–Crippen LogP) is 1.32. The third-order valence-corrected chi connectivity index (χ3v) is 3.01. The molecular weight excluding hydrogens is 290 g/mol. The maximum atomic E-state index is 11.6. The molecule has 2 amide bonds. The normalized spacial score (nSPS) is 14.5. The number of hydrogen-bond donors (Lipinski definition) is 0. The maximum Gasteiger partial charge on any atom is 0.356 e. The van der Waals surface area contributed by atoms with Gasteiger partial charge in [-0.1, -0.05) is 6.07 Å². The lowest BCUT2D eigenvalue weighted by atomic mass is 10.2.